The summed E-state index contributed by atoms with van der Waals surface area (Å²) in [5, 5.41) is 14.5. The van der Waals surface area contributed by atoms with Crippen LogP contribution >= 0.6 is 0 Å². The maximum atomic E-state index is 10.3. The van der Waals surface area contributed by atoms with Crippen LogP contribution in [0.2, 0.25) is 0 Å². The first-order valence-electron chi connectivity index (χ1n) is 7.32. The average molecular weight is 291 g/mol. The molecular weight excluding hydrogens is 274 g/mol. The number of benzene rings is 2. The van der Waals surface area contributed by atoms with E-state index < -0.39 is 6.23 Å². The van der Waals surface area contributed by atoms with Gasteiger partial charge in [-0.3, -0.25) is 0 Å². The van der Waals surface area contributed by atoms with Crippen molar-refractivity contribution in [3.05, 3.63) is 65.4 Å². The molecule has 3 aromatic rings. The summed E-state index contributed by atoms with van der Waals surface area (Å²) in [6.45, 7) is 0.518. The SMILES string of the molecule is NCc1ccc2[nH]cc(C=C3c4ccccc4NC3O)c2c1. The molecule has 1 atom stereocenters. The van der Waals surface area contributed by atoms with Gasteiger partial charge in [-0.05, 0) is 29.8 Å². The topological polar surface area (TPSA) is 74.1 Å². The lowest BCUT2D eigenvalue weighted by Crippen LogP contribution is -2.12. The molecule has 4 heteroatoms. The second-order valence-corrected chi connectivity index (χ2v) is 5.52. The van der Waals surface area contributed by atoms with Gasteiger partial charge in [-0.25, -0.2) is 0 Å². The van der Waals surface area contributed by atoms with Gasteiger partial charge in [0.2, 0.25) is 0 Å². The van der Waals surface area contributed by atoms with Crippen molar-refractivity contribution in [1.29, 1.82) is 0 Å². The van der Waals surface area contributed by atoms with Gasteiger partial charge < -0.3 is 21.1 Å². The van der Waals surface area contributed by atoms with Crippen LogP contribution in [0.3, 0.4) is 0 Å². The molecule has 0 saturated carbocycles. The number of nitrogens with two attached hydrogens (primary N) is 1. The number of hydrogen-bond acceptors (Lipinski definition) is 3. The molecule has 4 rings (SSSR count). The summed E-state index contributed by atoms with van der Waals surface area (Å²) in [5.41, 5.74) is 11.8. The lowest BCUT2D eigenvalue weighted by molar-refractivity contribution is 0.266. The van der Waals surface area contributed by atoms with Gasteiger partial charge in [0.15, 0.2) is 6.23 Å². The third-order valence-electron chi connectivity index (χ3n) is 4.15. The van der Waals surface area contributed by atoms with Gasteiger partial charge >= 0.3 is 0 Å². The maximum Gasteiger partial charge on any atom is 0.151 e. The highest BCUT2D eigenvalue weighted by atomic mass is 16.3. The monoisotopic (exact) mass is 291 g/mol. The Morgan fingerprint density at radius 3 is 2.91 bits per heavy atom. The van der Waals surface area contributed by atoms with Gasteiger partial charge in [-0.1, -0.05) is 24.3 Å². The Kier molecular flexibility index (Phi) is 2.99. The van der Waals surface area contributed by atoms with E-state index >= 15 is 0 Å². The molecule has 4 nitrogen and oxygen atoms in total. The summed E-state index contributed by atoms with van der Waals surface area (Å²) >= 11 is 0. The number of aliphatic hydroxyl groups excluding tert-OH is 1. The average Bonchev–Trinajstić information content (AvgIpc) is 3.09. The minimum absolute atomic E-state index is 0.518. The summed E-state index contributed by atoms with van der Waals surface area (Å²) in [6, 6.07) is 14.1. The van der Waals surface area contributed by atoms with Crippen LogP contribution in [-0.4, -0.2) is 16.3 Å². The summed E-state index contributed by atoms with van der Waals surface area (Å²) in [7, 11) is 0. The van der Waals surface area contributed by atoms with Crippen LogP contribution in [0, 0.1) is 0 Å². The van der Waals surface area contributed by atoms with E-state index in [4.69, 9.17) is 5.73 Å². The number of para-hydroxylation sites is 1. The summed E-state index contributed by atoms with van der Waals surface area (Å²) in [4.78, 5) is 3.26. The van der Waals surface area contributed by atoms with E-state index in [9.17, 15) is 5.11 Å². The zero-order valence-corrected chi connectivity index (χ0v) is 12.0. The van der Waals surface area contributed by atoms with Crippen molar-refractivity contribution < 1.29 is 5.11 Å². The maximum absolute atomic E-state index is 10.3. The number of aromatic amines is 1. The van der Waals surface area contributed by atoms with Crippen molar-refractivity contribution in [2.24, 2.45) is 5.73 Å². The van der Waals surface area contributed by atoms with E-state index in [1.54, 1.807) is 0 Å². The molecule has 0 saturated heterocycles. The number of aromatic nitrogens is 1. The molecule has 22 heavy (non-hydrogen) atoms. The third-order valence-corrected chi connectivity index (χ3v) is 4.15. The molecule has 0 amide bonds. The highest BCUT2D eigenvalue weighted by molar-refractivity contribution is 5.99. The molecule has 0 aliphatic carbocycles. The molecule has 1 aromatic heterocycles. The van der Waals surface area contributed by atoms with Gasteiger partial charge in [-0.2, -0.15) is 0 Å². The zero-order valence-electron chi connectivity index (χ0n) is 12.0. The van der Waals surface area contributed by atoms with Crippen LogP contribution in [0.5, 0.6) is 0 Å². The number of fused-ring (bicyclic) bond motifs is 2. The van der Waals surface area contributed by atoms with E-state index in [-0.39, 0.29) is 0 Å². The predicted molar refractivity (Wildman–Crippen MR) is 90.1 cm³/mol. The zero-order chi connectivity index (χ0) is 15.1. The van der Waals surface area contributed by atoms with Crippen molar-refractivity contribution in [2.45, 2.75) is 12.8 Å². The number of hydrogen-bond donors (Lipinski definition) is 4. The summed E-state index contributed by atoms with van der Waals surface area (Å²) in [6.07, 6.45) is 3.31. The first-order valence-corrected chi connectivity index (χ1v) is 7.32. The normalized spacial score (nSPS) is 18.6. The Morgan fingerprint density at radius 1 is 1.18 bits per heavy atom. The van der Waals surface area contributed by atoms with Gasteiger partial charge in [0, 0.05) is 46.0 Å². The molecule has 110 valence electrons. The Bertz CT molecular complexity index is 879. The third kappa shape index (κ3) is 2.01. The molecule has 0 fully saturated rings. The number of rotatable bonds is 2. The van der Waals surface area contributed by atoms with E-state index in [1.165, 1.54) is 0 Å². The largest absolute Gasteiger partial charge is 0.369 e. The van der Waals surface area contributed by atoms with E-state index in [1.807, 2.05) is 48.7 Å². The van der Waals surface area contributed by atoms with E-state index in [2.05, 4.69) is 16.4 Å². The number of anilines is 1. The van der Waals surface area contributed by atoms with Crippen LogP contribution < -0.4 is 11.1 Å². The fourth-order valence-electron chi connectivity index (χ4n) is 2.99. The fraction of sp³-hybridized carbons (Fsp3) is 0.111. The Hall–Kier alpha value is -2.56. The first-order chi connectivity index (χ1) is 10.8. The van der Waals surface area contributed by atoms with Crippen molar-refractivity contribution in [2.75, 3.05) is 5.32 Å². The van der Waals surface area contributed by atoms with E-state index in [0.717, 1.165) is 38.9 Å². The Labute approximate surface area is 128 Å². The molecule has 0 radical (unpaired) electrons. The molecule has 2 heterocycles. The second-order valence-electron chi connectivity index (χ2n) is 5.52. The summed E-state index contributed by atoms with van der Waals surface area (Å²) < 4.78 is 0. The molecule has 1 unspecified atom stereocenters. The lowest BCUT2D eigenvalue weighted by Gasteiger charge is -2.05. The number of aliphatic hydroxyl groups is 1. The fourth-order valence-corrected chi connectivity index (χ4v) is 2.99. The van der Waals surface area contributed by atoms with Crippen LogP contribution in [0.15, 0.2) is 48.7 Å². The van der Waals surface area contributed by atoms with Gasteiger partial charge in [-0.15, -0.1) is 0 Å². The van der Waals surface area contributed by atoms with Crippen molar-refractivity contribution in [3.8, 4) is 0 Å². The predicted octanol–water partition coefficient (Wildman–Crippen LogP) is 2.91. The molecule has 1 aliphatic heterocycles. The molecule has 2 aromatic carbocycles. The second kappa shape index (κ2) is 5.02. The molecule has 1 aliphatic rings. The highest BCUT2D eigenvalue weighted by Crippen LogP contribution is 2.36. The molecule has 5 N–H and O–H groups in total. The number of nitrogens with one attached hydrogen (secondary N) is 2. The summed E-state index contributed by atoms with van der Waals surface area (Å²) in [5.74, 6) is 0. The van der Waals surface area contributed by atoms with Crippen molar-refractivity contribution in [1.82, 2.24) is 4.98 Å². The minimum Gasteiger partial charge on any atom is -0.369 e. The smallest absolute Gasteiger partial charge is 0.151 e. The van der Waals surface area contributed by atoms with Crippen LogP contribution in [0.1, 0.15) is 16.7 Å². The lowest BCUT2D eigenvalue weighted by atomic mass is 10.0. The van der Waals surface area contributed by atoms with Gasteiger partial charge in [0.25, 0.3) is 0 Å². The highest BCUT2D eigenvalue weighted by Gasteiger charge is 2.23. The van der Waals surface area contributed by atoms with Crippen molar-refractivity contribution in [3.63, 3.8) is 0 Å². The van der Waals surface area contributed by atoms with Gasteiger partial charge in [0.05, 0.1) is 0 Å². The Balaban J connectivity index is 1.86. The van der Waals surface area contributed by atoms with Crippen LogP contribution in [0.25, 0.3) is 22.6 Å². The van der Waals surface area contributed by atoms with Crippen molar-refractivity contribution >= 4 is 28.2 Å². The molecule has 0 spiro atoms. The molecule has 0 bridgehead atoms. The standard InChI is InChI=1S/C18H17N3O/c19-9-11-5-6-16-14(7-11)12(10-20-16)8-15-13-3-1-2-4-17(13)21-18(15)22/h1-8,10,18,20-22H,9,19H2. The van der Waals surface area contributed by atoms with Crippen LogP contribution in [-0.2, 0) is 6.54 Å². The number of H-pyrrole nitrogens is 1. The van der Waals surface area contributed by atoms with E-state index in [0.29, 0.717) is 6.54 Å². The quantitative estimate of drug-likeness (QED) is 0.586. The Morgan fingerprint density at radius 2 is 2.05 bits per heavy atom. The van der Waals surface area contributed by atoms with Crippen LogP contribution in [0.4, 0.5) is 5.69 Å². The van der Waals surface area contributed by atoms with Gasteiger partial charge in [0.1, 0.15) is 0 Å². The molecular formula is C18H17N3O. The minimum atomic E-state index is -0.681. The first kappa shape index (κ1) is 13.1.